The maximum Gasteiger partial charge on any atom is 0.237 e. The number of pyridine rings is 1. The number of carbonyl (C=O) groups is 1. The number of nitrogens with two attached hydrogens (primary N) is 1. The van der Waals surface area contributed by atoms with E-state index >= 15 is 0 Å². The second-order valence-electron chi connectivity index (χ2n) is 5.53. The van der Waals surface area contributed by atoms with Crippen LogP contribution in [-0.4, -0.2) is 16.9 Å². The van der Waals surface area contributed by atoms with Crippen LogP contribution in [0, 0.1) is 0 Å². The summed E-state index contributed by atoms with van der Waals surface area (Å²) in [4.78, 5) is 16.3. The van der Waals surface area contributed by atoms with Crippen LogP contribution < -0.4 is 11.1 Å². The van der Waals surface area contributed by atoms with E-state index in [1.807, 2.05) is 36.4 Å². The van der Waals surface area contributed by atoms with Gasteiger partial charge in [0.05, 0.1) is 18.3 Å². The van der Waals surface area contributed by atoms with E-state index in [1.54, 1.807) is 6.20 Å². The summed E-state index contributed by atoms with van der Waals surface area (Å²) in [7, 11) is 0. The van der Waals surface area contributed by atoms with Gasteiger partial charge in [0, 0.05) is 6.20 Å². The maximum atomic E-state index is 12.1. The summed E-state index contributed by atoms with van der Waals surface area (Å²) in [5.74, 6) is -0.163. The van der Waals surface area contributed by atoms with Crippen LogP contribution in [0.5, 0.6) is 0 Å². The Morgan fingerprint density at radius 2 is 1.83 bits per heavy atom. The van der Waals surface area contributed by atoms with Crippen LogP contribution in [0.1, 0.15) is 11.3 Å². The summed E-state index contributed by atoms with van der Waals surface area (Å²) in [5.41, 5.74) is 7.90. The maximum absolute atomic E-state index is 12.1. The zero-order valence-corrected chi connectivity index (χ0v) is 12.8. The van der Waals surface area contributed by atoms with Crippen LogP contribution in [0.25, 0.3) is 10.8 Å². The highest BCUT2D eigenvalue weighted by Crippen LogP contribution is 2.16. The van der Waals surface area contributed by atoms with Crippen molar-refractivity contribution in [2.24, 2.45) is 5.73 Å². The molecule has 1 heterocycles. The molecular weight excluding hydrogens is 286 g/mol. The number of hydrogen-bond acceptors (Lipinski definition) is 3. The zero-order chi connectivity index (χ0) is 16.1. The molecule has 0 aliphatic heterocycles. The fourth-order valence-electron chi connectivity index (χ4n) is 2.52. The van der Waals surface area contributed by atoms with Gasteiger partial charge >= 0.3 is 0 Å². The van der Waals surface area contributed by atoms with Gasteiger partial charge in [-0.15, -0.1) is 0 Å². The number of fused-ring (bicyclic) bond motifs is 1. The van der Waals surface area contributed by atoms with Crippen molar-refractivity contribution in [3.8, 4) is 0 Å². The number of rotatable bonds is 5. The molecule has 0 radical (unpaired) electrons. The van der Waals surface area contributed by atoms with Crippen molar-refractivity contribution in [2.75, 3.05) is 0 Å². The molecule has 1 amide bonds. The Morgan fingerprint density at radius 3 is 2.61 bits per heavy atom. The summed E-state index contributed by atoms with van der Waals surface area (Å²) in [5, 5.41) is 5.17. The molecule has 0 aliphatic rings. The minimum atomic E-state index is -0.570. The molecule has 3 rings (SSSR count). The Hall–Kier alpha value is -2.72. The monoisotopic (exact) mass is 305 g/mol. The first kappa shape index (κ1) is 15.2. The van der Waals surface area contributed by atoms with E-state index in [0.29, 0.717) is 13.0 Å². The van der Waals surface area contributed by atoms with Gasteiger partial charge < -0.3 is 11.1 Å². The molecule has 0 spiro atoms. The fourth-order valence-corrected chi connectivity index (χ4v) is 2.52. The second kappa shape index (κ2) is 7.03. The molecule has 0 fully saturated rings. The third kappa shape index (κ3) is 3.93. The first-order valence-electron chi connectivity index (χ1n) is 7.63. The summed E-state index contributed by atoms with van der Waals surface area (Å²) in [6.07, 6.45) is 2.22. The van der Waals surface area contributed by atoms with Gasteiger partial charge in [-0.2, -0.15) is 0 Å². The predicted molar refractivity (Wildman–Crippen MR) is 91.7 cm³/mol. The second-order valence-corrected chi connectivity index (χ2v) is 5.53. The standard InChI is InChI=1S/C19H19N3O/c20-18(19(23)22-13-17-7-3-4-10-21-17)12-14-8-9-15-5-1-2-6-16(15)11-14/h1-11,18H,12-13,20H2,(H,22,23)/t18-/m1/s1. The zero-order valence-electron chi connectivity index (χ0n) is 12.8. The molecule has 0 bridgehead atoms. The van der Waals surface area contributed by atoms with Gasteiger partial charge in [-0.3, -0.25) is 9.78 Å². The van der Waals surface area contributed by atoms with E-state index < -0.39 is 6.04 Å². The van der Waals surface area contributed by atoms with Crippen molar-refractivity contribution in [1.29, 1.82) is 0 Å². The summed E-state index contributed by atoms with van der Waals surface area (Å²) >= 11 is 0. The number of aromatic nitrogens is 1. The van der Waals surface area contributed by atoms with Crippen LogP contribution in [0.3, 0.4) is 0 Å². The van der Waals surface area contributed by atoms with E-state index in [2.05, 4.69) is 34.6 Å². The first-order valence-corrected chi connectivity index (χ1v) is 7.63. The minimum Gasteiger partial charge on any atom is -0.349 e. The van der Waals surface area contributed by atoms with Crippen molar-refractivity contribution in [1.82, 2.24) is 10.3 Å². The molecular formula is C19H19N3O. The van der Waals surface area contributed by atoms with Crippen molar-refractivity contribution in [3.63, 3.8) is 0 Å². The molecule has 4 nitrogen and oxygen atoms in total. The molecule has 1 atom stereocenters. The van der Waals surface area contributed by atoms with Crippen LogP contribution >= 0.6 is 0 Å². The lowest BCUT2D eigenvalue weighted by atomic mass is 10.0. The summed E-state index contributed by atoms with van der Waals surface area (Å²) in [6, 6.07) is 19.3. The highest BCUT2D eigenvalue weighted by Gasteiger charge is 2.14. The molecule has 0 aliphatic carbocycles. The van der Waals surface area contributed by atoms with Crippen LogP contribution in [-0.2, 0) is 17.8 Å². The molecule has 0 saturated carbocycles. The van der Waals surface area contributed by atoms with Gasteiger partial charge in [-0.05, 0) is 34.9 Å². The molecule has 3 aromatic rings. The number of nitrogens with zero attached hydrogens (tertiary/aromatic N) is 1. The highest BCUT2D eigenvalue weighted by atomic mass is 16.2. The molecule has 4 heteroatoms. The average molecular weight is 305 g/mol. The fraction of sp³-hybridized carbons (Fsp3) is 0.158. The smallest absolute Gasteiger partial charge is 0.237 e. The van der Waals surface area contributed by atoms with Gasteiger partial charge in [0.1, 0.15) is 0 Å². The quantitative estimate of drug-likeness (QED) is 0.760. The highest BCUT2D eigenvalue weighted by molar-refractivity contribution is 5.84. The van der Waals surface area contributed by atoms with E-state index in [1.165, 1.54) is 5.39 Å². The average Bonchev–Trinajstić information content (AvgIpc) is 2.60. The van der Waals surface area contributed by atoms with E-state index in [4.69, 9.17) is 5.73 Å². The van der Waals surface area contributed by atoms with Crippen molar-refractivity contribution >= 4 is 16.7 Å². The topological polar surface area (TPSA) is 68.0 Å². The Kier molecular flexibility index (Phi) is 4.64. The van der Waals surface area contributed by atoms with Crippen LogP contribution in [0.2, 0.25) is 0 Å². The van der Waals surface area contributed by atoms with Gasteiger partial charge in [0.15, 0.2) is 0 Å². The number of benzene rings is 2. The van der Waals surface area contributed by atoms with Crippen molar-refractivity contribution < 1.29 is 4.79 Å². The normalized spacial score (nSPS) is 12.0. The number of nitrogens with one attached hydrogen (secondary N) is 1. The first-order chi connectivity index (χ1) is 11.2. The lowest BCUT2D eigenvalue weighted by Gasteiger charge is -2.12. The Bertz CT molecular complexity index is 802. The molecule has 0 unspecified atom stereocenters. The van der Waals surface area contributed by atoms with Gasteiger partial charge in [0.2, 0.25) is 5.91 Å². The number of hydrogen-bond donors (Lipinski definition) is 2. The largest absolute Gasteiger partial charge is 0.349 e. The van der Waals surface area contributed by atoms with Gasteiger partial charge in [-0.1, -0.05) is 48.5 Å². The lowest BCUT2D eigenvalue weighted by Crippen LogP contribution is -2.41. The lowest BCUT2D eigenvalue weighted by molar-refractivity contribution is -0.122. The molecule has 23 heavy (non-hydrogen) atoms. The molecule has 1 aromatic heterocycles. The third-order valence-electron chi connectivity index (χ3n) is 3.78. The summed E-state index contributed by atoms with van der Waals surface area (Å²) < 4.78 is 0. The van der Waals surface area contributed by atoms with Crippen molar-refractivity contribution in [3.05, 3.63) is 78.1 Å². The molecule has 2 aromatic carbocycles. The van der Waals surface area contributed by atoms with Crippen LogP contribution in [0.4, 0.5) is 0 Å². The molecule has 0 saturated heterocycles. The Balaban J connectivity index is 1.60. The van der Waals surface area contributed by atoms with E-state index in [0.717, 1.165) is 16.6 Å². The number of carbonyl (C=O) groups excluding carboxylic acids is 1. The van der Waals surface area contributed by atoms with Crippen LogP contribution in [0.15, 0.2) is 66.9 Å². The number of amides is 1. The summed E-state index contributed by atoms with van der Waals surface area (Å²) in [6.45, 7) is 0.394. The Labute approximate surface area is 135 Å². The Morgan fingerprint density at radius 1 is 1.04 bits per heavy atom. The molecule has 3 N–H and O–H groups in total. The van der Waals surface area contributed by atoms with Crippen molar-refractivity contribution in [2.45, 2.75) is 19.0 Å². The van der Waals surface area contributed by atoms with Gasteiger partial charge in [-0.25, -0.2) is 0 Å². The third-order valence-corrected chi connectivity index (χ3v) is 3.78. The predicted octanol–water partition coefficient (Wildman–Crippen LogP) is 2.42. The van der Waals surface area contributed by atoms with E-state index in [-0.39, 0.29) is 5.91 Å². The van der Waals surface area contributed by atoms with E-state index in [9.17, 15) is 4.79 Å². The van der Waals surface area contributed by atoms with Gasteiger partial charge in [0.25, 0.3) is 0 Å². The SMILES string of the molecule is N[C@H](Cc1ccc2ccccc2c1)C(=O)NCc1ccccn1. The minimum absolute atomic E-state index is 0.163. The molecule has 116 valence electrons.